The van der Waals surface area contributed by atoms with E-state index in [2.05, 4.69) is 15.9 Å². The summed E-state index contributed by atoms with van der Waals surface area (Å²) in [4.78, 5) is 0. The van der Waals surface area contributed by atoms with E-state index in [1.807, 2.05) is 25.1 Å². The molecule has 3 nitrogen and oxygen atoms in total. The van der Waals surface area contributed by atoms with Crippen LogP contribution >= 0.6 is 15.9 Å². The lowest BCUT2D eigenvalue weighted by atomic mass is 9.97. The number of benzene rings is 1. The zero-order valence-electron chi connectivity index (χ0n) is 11.2. The van der Waals surface area contributed by atoms with Crippen molar-refractivity contribution in [3.05, 3.63) is 28.2 Å². The van der Waals surface area contributed by atoms with Crippen molar-refractivity contribution in [3.63, 3.8) is 0 Å². The first kappa shape index (κ1) is 14.9. The van der Waals surface area contributed by atoms with Crippen molar-refractivity contribution >= 4 is 25.8 Å². The molecule has 2 atom stereocenters. The van der Waals surface area contributed by atoms with Gasteiger partial charge >= 0.3 is 0 Å². The van der Waals surface area contributed by atoms with Crippen molar-refractivity contribution in [2.24, 2.45) is 0 Å². The molecule has 0 saturated heterocycles. The Morgan fingerprint density at radius 2 is 2.05 bits per heavy atom. The van der Waals surface area contributed by atoms with Crippen LogP contribution < -0.4 is 4.74 Å². The average molecular weight is 347 g/mol. The minimum atomic E-state index is -2.96. The van der Waals surface area contributed by atoms with Gasteiger partial charge < -0.3 is 4.74 Å². The van der Waals surface area contributed by atoms with E-state index in [1.54, 1.807) is 0 Å². The van der Waals surface area contributed by atoms with Crippen LogP contribution in [0.1, 0.15) is 31.2 Å². The van der Waals surface area contributed by atoms with Crippen LogP contribution in [-0.2, 0) is 9.84 Å². The summed E-state index contributed by atoms with van der Waals surface area (Å²) in [5.74, 6) is 0.796. The summed E-state index contributed by atoms with van der Waals surface area (Å²) >= 11 is 3.49. The maximum atomic E-state index is 11.6. The predicted octanol–water partition coefficient (Wildman–Crippen LogP) is 3.49. The van der Waals surface area contributed by atoms with Crippen LogP contribution in [0, 0.1) is 6.92 Å². The van der Waals surface area contributed by atoms with E-state index in [0.29, 0.717) is 6.42 Å². The van der Waals surface area contributed by atoms with Crippen LogP contribution in [-0.4, -0.2) is 26.0 Å². The van der Waals surface area contributed by atoms with Crippen LogP contribution in [0.4, 0.5) is 0 Å². The van der Waals surface area contributed by atoms with E-state index in [9.17, 15) is 8.42 Å². The second kappa shape index (κ2) is 5.83. The van der Waals surface area contributed by atoms with Crippen LogP contribution in [0.2, 0.25) is 0 Å². The third-order valence-corrected chi connectivity index (χ3v) is 5.82. The number of aryl methyl sites for hydroxylation is 1. The van der Waals surface area contributed by atoms with Gasteiger partial charge in [0.1, 0.15) is 21.7 Å². The highest BCUT2D eigenvalue weighted by Gasteiger charge is 2.30. The summed E-state index contributed by atoms with van der Waals surface area (Å²) in [5.41, 5.74) is 1.16. The summed E-state index contributed by atoms with van der Waals surface area (Å²) in [7, 11) is -2.96. The Morgan fingerprint density at radius 1 is 1.32 bits per heavy atom. The second-order valence-electron chi connectivity index (χ2n) is 5.29. The highest BCUT2D eigenvalue weighted by Crippen LogP contribution is 2.31. The fraction of sp³-hybridized carbons (Fsp3) is 0.571. The van der Waals surface area contributed by atoms with Gasteiger partial charge in [0.15, 0.2) is 0 Å². The van der Waals surface area contributed by atoms with E-state index in [-0.39, 0.29) is 11.4 Å². The number of sulfone groups is 1. The molecule has 19 heavy (non-hydrogen) atoms. The molecule has 0 amide bonds. The SMILES string of the molecule is Cc1ccc(OC2CCCC(S(C)(=O)=O)C2)c(Br)c1. The second-order valence-corrected chi connectivity index (χ2v) is 8.47. The number of ether oxygens (including phenoxy) is 1. The van der Waals surface area contributed by atoms with Crippen molar-refractivity contribution in [2.45, 2.75) is 44.0 Å². The van der Waals surface area contributed by atoms with Gasteiger partial charge in [-0.2, -0.15) is 0 Å². The quantitative estimate of drug-likeness (QED) is 0.841. The highest BCUT2D eigenvalue weighted by atomic mass is 79.9. The van der Waals surface area contributed by atoms with Gasteiger partial charge in [0, 0.05) is 12.7 Å². The van der Waals surface area contributed by atoms with Gasteiger partial charge in [-0.15, -0.1) is 0 Å². The van der Waals surface area contributed by atoms with Gasteiger partial charge in [-0.3, -0.25) is 0 Å². The Labute approximate surface area is 123 Å². The van der Waals surface area contributed by atoms with Gasteiger partial charge in [-0.1, -0.05) is 6.07 Å². The van der Waals surface area contributed by atoms with Gasteiger partial charge in [-0.25, -0.2) is 8.42 Å². The lowest BCUT2D eigenvalue weighted by Gasteiger charge is -2.28. The van der Waals surface area contributed by atoms with E-state index >= 15 is 0 Å². The molecule has 0 N–H and O–H groups in total. The number of halogens is 1. The first-order valence-electron chi connectivity index (χ1n) is 6.48. The van der Waals surface area contributed by atoms with Crippen molar-refractivity contribution in [3.8, 4) is 5.75 Å². The van der Waals surface area contributed by atoms with Crippen LogP contribution in [0.3, 0.4) is 0 Å². The van der Waals surface area contributed by atoms with Crippen LogP contribution in [0.5, 0.6) is 5.75 Å². The molecule has 0 bridgehead atoms. The molecular formula is C14H19BrO3S. The molecule has 1 aromatic carbocycles. The van der Waals surface area contributed by atoms with Gasteiger partial charge in [0.2, 0.25) is 0 Å². The van der Waals surface area contributed by atoms with Gasteiger partial charge in [0.05, 0.1) is 9.72 Å². The topological polar surface area (TPSA) is 43.4 Å². The monoisotopic (exact) mass is 346 g/mol. The molecule has 0 radical (unpaired) electrons. The third kappa shape index (κ3) is 3.96. The Bertz CT molecular complexity index is 554. The van der Waals surface area contributed by atoms with Crippen molar-refractivity contribution in [2.75, 3.05) is 6.26 Å². The molecule has 1 fully saturated rings. The Morgan fingerprint density at radius 3 is 2.68 bits per heavy atom. The lowest BCUT2D eigenvalue weighted by Crippen LogP contribution is -2.33. The first-order chi connectivity index (χ1) is 8.86. The molecular weight excluding hydrogens is 328 g/mol. The van der Waals surface area contributed by atoms with Crippen LogP contribution in [0.15, 0.2) is 22.7 Å². The molecule has 5 heteroatoms. The lowest BCUT2D eigenvalue weighted by molar-refractivity contribution is 0.155. The summed E-state index contributed by atoms with van der Waals surface area (Å²) in [6.07, 6.45) is 4.50. The number of rotatable bonds is 3. The number of hydrogen-bond acceptors (Lipinski definition) is 3. The zero-order valence-corrected chi connectivity index (χ0v) is 13.6. The summed E-state index contributed by atoms with van der Waals surface area (Å²) in [5, 5.41) is -0.254. The van der Waals surface area contributed by atoms with Crippen molar-refractivity contribution < 1.29 is 13.2 Å². The molecule has 0 heterocycles. The summed E-state index contributed by atoms with van der Waals surface area (Å²) < 4.78 is 30.1. The Hall–Kier alpha value is -0.550. The summed E-state index contributed by atoms with van der Waals surface area (Å²) in [6, 6.07) is 5.94. The molecule has 1 saturated carbocycles. The molecule has 1 aromatic rings. The molecule has 2 rings (SSSR count). The Balaban J connectivity index is 2.07. The van der Waals surface area contributed by atoms with Crippen molar-refractivity contribution in [1.82, 2.24) is 0 Å². The van der Waals surface area contributed by atoms with E-state index < -0.39 is 9.84 Å². The molecule has 2 unspecified atom stereocenters. The number of hydrogen-bond donors (Lipinski definition) is 0. The third-order valence-electron chi connectivity index (χ3n) is 3.56. The molecule has 0 aromatic heterocycles. The highest BCUT2D eigenvalue weighted by molar-refractivity contribution is 9.10. The van der Waals surface area contributed by atoms with E-state index in [0.717, 1.165) is 35.0 Å². The van der Waals surface area contributed by atoms with Gasteiger partial charge in [0.25, 0.3) is 0 Å². The normalized spacial score (nSPS) is 24.2. The van der Waals surface area contributed by atoms with Gasteiger partial charge in [-0.05, 0) is 59.8 Å². The fourth-order valence-electron chi connectivity index (χ4n) is 2.48. The largest absolute Gasteiger partial charge is 0.489 e. The minimum absolute atomic E-state index is 0.00696. The summed E-state index contributed by atoms with van der Waals surface area (Å²) in [6.45, 7) is 2.02. The fourth-order valence-corrected chi connectivity index (χ4v) is 4.22. The zero-order chi connectivity index (χ0) is 14.0. The smallest absolute Gasteiger partial charge is 0.150 e. The maximum Gasteiger partial charge on any atom is 0.150 e. The first-order valence-corrected chi connectivity index (χ1v) is 9.22. The molecule has 1 aliphatic rings. The standard InChI is InChI=1S/C14H19BrO3S/c1-10-6-7-14(13(15)8-10)18-11-4-3-5-12(9-11)19(2,16)17/h6-8,11-12H,3-5,9H2,1-2H3. The van der Waals surface area contributed by atoms with Crippen LogP contribution in [0.25, 0.3) is 0 Å². The minimum Gasteiger partial charge on any atom is -0.489 e. The van der Waals surface area contributed by atoms with E-state index in [4.69, 9.17) is 4.74 Å². The molecule has 106 valence electrons. The maximum absolute atomic E-state index is 11.6. The average Bonchev–Trinajstić information content (AvgIpc) is 2.32. The van der Waals surface area contributed by atoms with E-state index in [1.165, 1.54) is 6.26 Å². The van der Waals surface area contributed by atoms with Crippen molar-refractivity contribution in [1.29, 1.82) is 0 Å². The Kier molecular flexibility index (Phi) is 4.56. The molecule has 0 aliphatic heterocycles. The molecule has 0 spiro atoms. The predicted molar refractivity (Wildman–Crippen MR) is 80.4 cm³/mol. The molecule has 1 aliphatic carbocycles.